The van der Waals surface area contributed by atoms with Gasteiger partial charge in [0, 0.05) is 31.9 Å². The van der Waals surface area contributed by atoms with Gasteiger partial charge in [-0.3, -0.25) is 14.4 Å². The van der Waals surface area contributed by atoms with Crippen LogP contribution in [0.5, 0.6) is 0 Å². The Hall–Kier alpha value is -4.16. The van der Waals surface area contributed by atoms with E-state index in [9.17, 15) is 14.4 Å². The topological polar surface area (TPSA) is 75.3 Å². The molecule has 4 aromatic carbocycles. The van der Waals surface area contributed by atoms with Gasteiger partial charge in [-0.25, -0.2) is 0 Å². The van der Waals surface area contributed by atoms with Crippen LogP contribution in [0.2, 0.25) is 15.1 Å². The molecule has 0 unspecified atom stereocenters. The zero-order valence-electron chi connectivity index (χ0n) is 20.3. The van der Waals surface area contributed by atoms with Crippen molar-refractivity contribution in [2.75, 3.05) is 5.32 Å². The van der Waals surface area contributed by atoms with Crippen LogP contribution in [0.25, 0.3) is 12.2 Å². The lowest BCUT2D eigenvalue weighted by Gasteiger charge is -2.12. The average Bonchev–Trinajstić information content (AvgIpc) is 2.93. The fourth-order valence-electron chi connectivity index (χ4n) is 3.51. The van der Waals surface area contributed by atoms with Gasteiger partial charge in [0.2, 0.25) is 0 Å². The summed E-state index contributed by atoms with van der Waals surface area (Å²) in [7, 11) is 0. The largest absolute Gasteiger partial charge is 0.321 e. The molecule has 0 heterocycles. The molecule has 39 heavy (non-hydrogen) atoms. The molecule has 4 rings (SSSR count). The molecule has 8 heteroatoms. The fraction of sp³-hybridized carbons (Fsp3) is 0. The molecule has 2 amide bonds. The van der Waals surface area contributed by atoms with Crippen molar-refractivity contribution in [2.24, 2.45) is 0 Å². The van der Waals surface area contributed by atoms with Crippen LogP contribution in [0.1, 0.15) is 31.8 Å². The summed E-state index contributed by atoms with van der Waals surface area (Å²) in [6.07, 6.45) is 4.60. The van der Waals surface area contributed by atoms with Crippen LogP contribution in [0.3, 0.4) is 0 Å². The highest BCUT2D eigenvalue weighted by molar-refractivity contribution is 6.35. The molecule has 0 bridgehead atoms. The van der Waals surface area contributed by atoms with Crippen LogP contribution in [0.15, 0.2) is 109 Å². The number of benzene rings is 4. The molecule has 0 saturated carbocycles. The molecule has 0 spiro atoms. The summed E-state index contributed by atoms with van der Waals surface area (Å²) in [6, 6.07) is 26.9. The normalized spacial score (nSPS) is 11.3. The third-order valence-corrected chi connectivity index (χ3v) is 6.29. The lowest BCUT2D eigenvalue weighted by molar-refractivity contribution is -0.113. The van der Waals surface area contributed by atoms with E-state index in [1.165, 1.54) is 12.2 Å². The summed E-state index contributed by atoms with van der Waals surface area (Å²) >= 11 is 18.3. The number of hydrogen-bond donors (Lipinski definition) is 2. The lowest BCUT2D eigenvalue weighted by Crippen LogP contribution is -2.30. The van der Waals surface area contributed by atoms with Crippen LogP contribution in [-0.2, 0) is 4.79 Å². The van der Waals surface area contributed by atoms with Crippen molar-refractivity contribution >= 4 is 70.2 Å². The number of rotatable bonds is 8. The van der Waals surface area contributed by atoms with Gasteiger partial charge in [0.25, 0.3) is 11.8 Å². The first-order chi connectivity index (χ1) is 18.8. The van der Waals surface area contributed by atoms with Gasteiger partial charge in [0.05, 0.1) is 0 Å². The van der Waals surface area contributed by atoms with Crippen molar-refractivity contribution < 1.29 is 14.4 Å². The zero-order valence-corrected chi connectivity index (χ0v) is 22.6. The van der Waals surface area contributed by atoms with E-state index in [1.807, 2.05) is 6.07 Å². The third-order valence-electron chi connectivity index (χ3n) is 5.49. The highest BCUT2D eigenvalue weighted by Gasteiger charge is 2.16. The Morgan fingerprint density at radius 1 is 0.692 bits per heavy atom. The van der Waals surface area contributed by atoms with E-state index in [1.54, 1.807) is 97.1 Å². The summed E-state index contributed by atoms with van der Waals surface area (Å²) in [5.41, 5.74) is 2.51. The Kier molecular flexibility index (Phi) is 9.34. The Balaban J connectivity index is 1.51. The summed E-state index contributed by atoms with van der Waals surface area (Å²) in [6.45, 7) is 0. The number of nitrogens with one attached hydrogen (secondary N) is 2. The molecule has 4 aromatic rings. The quantitative estimate of drug-likeness (QED) is 0.165. The van der Waals surface area contributed by atoms with E-state index in [4.69, 9.17) is 34.8 Å². The minimum atomic E-state index is -0.578. The Morgan fingerprint density at radius 2 is 1.41 bits per heavy atom. The molecule has 2 N–H and O–H groups in total. The number of ketones is 1. The van der Waals surface area contributed by atoms with E-state index in [0.29, 0.717) is 37.4 Å². The van der Waals surface area contributed by atoms with Crippen molar-refractivity contribution in [3.8, 4) is 0 Å². The Morgan fingerprint density at radius 3 is 2.10 bits per heavy atom. The van der Waals surface area contributed by atoms with Crippen molar-refractivity contribution in [2.45, 2.75) is 0 Å². The van der Waals surface area contributed by atoms with Crippen molar-refractivity contribution in [1.82, 2.24) is 5.32 Å². The zero-order chi connectivity index (χ0) is 27.8. The van der Waals surface area contributed by atoms with E-state index in [0.717, 1.165) is 5.56 Å². The second-order valence-electron chi connectivity index (χ2n) is 8.33. The number of carbonyl (C=O) groups is 3. The van der Waals surface area contributed by atoms with Crippen molar-refractivity contribution in [3.05, 3.63) is 146 Å². The maximum atomic E-state index is 13.2. The molecule has 194 valence electrons. The van der Waals surface area contributed by atoms with Gasteiger partial charge in [-0.2, -0.15) is 0 Å². The van der Waals surface area contributed by atoms with Gasteiger partial charge in [0.15, 0.2) is 5.78 Å². The van der Waals surface area contributed by atoms with Gasteiger partial charge < -0.3 is 10.6 Å². The number of anilines is 1. The van der Waals surface area contributed by atoms with Crippen LogP contribution in [0.4, 0.5) is 5.69 Å². The summed E-state index contributed by atoms with van der Waals surface area (Å²) in [5, 5.41) is 6.73. The number of allylic oxidation sites excluding steroid dienone is 1. The molecule has 0 radical (unpaired) electrons. The van der Waals surface area contributed by atoms with Crippen molar-refractivity contribution in [1.29, 1.82) is 0 Å². The minimum Gasteiger partial charge on any atom is -0.321 e. The minimum absolute atomic E-state index is 0.0299. The van der Waals surface area contributed by atoms with Crippen LogP contribution in [-0.4, -0.2) is 17.6 Å². The lowest BCUT2D eigenvalue weighted by atomic mass is 10.1. The molecule has 0 aliphatic carbocycles. The molecule has 0 aliphatic rings. The fourth-order valence-corrected chi connectivity index (χ4v) is 4.17. The summed E-state index contributed by atoms with van der Waals surface area (Å²) in [4.78, 5) is 38.6. The maximum Gasteiger partial charge on any atom is 0.272 e. The van der Waals surface area contributed by atoms with Gasteiger partial charge >= 0.3 is 0 Å². The predicted molar refractivity (Wildman–Crippen MR) is 158 cm³/mol. The molecule has 0 aliphatic heterocycles. The van der Waals surface area contributed by atoms with E-state index in [-0.39, 0.29) is 11.5 Å². The SMILES string of the molecule is O=C(Nc1ccc(C(=O)/C=C/c2cccc(Cl)c2)cc1)/C(=C/c1ccc(Cl)cc1Cl)NC(=O)c1ccccc1. The molecule has 0 atom stereocenters. The monoisotopic (exact) mass is 574 g/mol. The van der Waals surface area contributed by atoms with E-state index < -0.39 is 11.8 Å². The second kappa shape index (κ2) is 13.1. The maximum absolute atomic E-state index is 13.2. The van der Waals surface area contributed by atoms with Gasteiger partial charge in [-0.1, -0.05) is 77.3 Å². The van der Waals surface area contributed by atoms with Gasteiger partial charge in [0.1, 0.15) is 5.70 Å². The number of amides is 2. The second-order valence-corrected chi connectivity index (χ2v) is 9.61. The summed E-state index contributed by atoms with van der Waals surface area (Å²) < 4.78 is 0. The first kappa shape index (κ1) is 27.9. The molecule has 0 aromatic heterocycles. The number of halogens is 3. The standard InChI is InChI=1S/C31H21Cl3N2O3/c32-24-8-4-5-20(17-24)9-16-29(37)21-11-14-26(15-12-21)35-31(39)28(18-23-10-13-25(33)19-27(23)34)36-30(38)22-6-2-1-3-7-22/h1-19H,(H,35,39)(H,36,38)/b16-9+,28-18-. The Bertz CT molecular complexity index is 1580. The van der Waals surface area contributed by atoms with Crippen LogP contribution >= 0.6 is 34.8 Å². The van der Waals surface area contributed by atoms with Crippen LogP contribution < -0.4 is 10.6 Å². The highest BCUT2D eigenvalue weighted by atomic mass is 35.5. The van der Waals surface area contributed by atoms with E-state index >= 15 is 0 Å². The predicted octanol–water partition coefficient (Wildman–Crippen LogP) is 7.95. The summed E-state index contributed by atoms with van der Waals surface area (Å²) in [5.74, 6) is -1.25. The molecular weight excluding hydrogens is 555 g/mol. The molecule has 0 saturated heterocycles. The van der Waals surface area contributed by atoms with Crippen molar-refractivity contribution in [3.63, 3.8) is 0 Å². The first-order valence-electron chi connectivity index (χ1n) is 11.7. The van der Waals surface area contributed by atoms with Gasteiger partial charge in [-0.05, 0) is 83.9 Å². The molecule has 5 nitrogen and oxygen atoms in total. The average molecular weight is 576 g/mol. The third kappa shape index (κ3) is 7.91. The Labute approximate surface area is 240 Å². The van der Waals surface area contributed by atoms with Gasteiger partial charge in [-0.15, -0.1) is 0 Å². The van der Waals surface area contributed by atoms with Crippen LogP contribution in [0, 0.1) is 0 Å². The number of hydrogen-bond acceptors (Lipinski definition) is 3. The molecular formula is C31H21Cl3N2O3. The first-order valence-corrected chi connectivity index (χ1v) is 12.8. The smallest absolute Gasteiger partial charge is 0.272 e. The molecule has 0 fully saturated rings. The highest BCUT2D eigenvalue weighted by Crippen LogP contribution is 2.23. The number of carbonyl (C=O) groups excluding carboxylic acids is 3. The van der Waals surface area contributed by atoms with E-state index in [2.05, 4.69) is 10.6 Å².